The Morgan fingerprint density at radius 2 is 2.31 bits per heavy atom. The van der Waals surface area contributed by atoms with E-state index < -0.39 is 0 Å². The van der Waals surface area contributed by atoms with Crippen LogP contribution in [0.25, 0.3) is 6.08 Å². The van der Waals surface area contributed by atoms with Gasteiger partial charge in [0.25, 0.3) is 0 Å². The van der Waals surface area contributed by atoms with Gasteiger partial charge in [-0.15, -0.1) is 11.3 Å². The van der Waals surface area contributed by atoms with Crippen molar-refractivity contribution in [1.82, 2.24) is 0 Å². The molecule has 0 N–H and O–H groups in total. The minimum absolute atomic E-state index is 0.0809. The molecule has 0 atom stereocenters. The number of ketones is 1. The molecule has 0 spiro atoms. The highest BCUT2D eigenvalue weighted by molar-refractivity contribution is 7.10. The molecule has 78 valence electrons. The third-order valence-corrected chi connectivity index (χ3v) is 2.76. The Hall–Kier alpha value is -2.12. The monoisotopic (exact) mass is 229 g/mol. The molecule has 0 aliphatic rings. The molecule has 0 aromatic carbocycles. The van der Waals surface area contributed by atoms with Gasteiger partial charge in [-0.25, -0.2) is 0 Å². The lowest BCUT2D eigenvalue weighted by Crippen LogP contribution is -1.99. The molecule has 2 heterocycles. The third-order valence-electron chi connectivity index (χ3n) is 1.94. The fourth-order valence-electron chi connectivity index (χ4n) is 1.20. The number of thiophene rings is 1. The minimum Gasteiger partial charge on any atom is -0.461 e. The Morgan fingerprint density at radius 1 is 1.44 bits per heavy atom. The Bertz CT molecular complexity index is 544. The third kappa shape index (κ3) is 2.10. The van der Waals surface area contributed by atoms with Crippen LogP contribution < -0.4 is 0 Å². The number of allylic oxidation sites excluding steroid dienone is 1. The van der Waals surface area contributed by atoms with Gasteiger partial charge < -0.3 is 4.42 Å². The fraction of sp³-hybridized carbons (Fsp3) is 0. The largest absolute Gasteiger partial charge is 0.461 e. The number of hydrogen-bond acceptors (Lipinski definition) is 4. The molecule has 0 fully saturated rings. The Morgan fingerprint density at radius 3 is 2.88 bits per heavy atom. The number of rotatable bonds is 3. The van der Waals surface area contributed by atoms with Crippen LogP contribution in [0.4, 0.5) is 0 Å². The maximum absolute atomic E-state index is 11.8. The van der Waals surface area contributed by atoms with Gasteiger partial charge in [-0.2, -0.15) is 5.26 Å². The number of hydrogen-bond donors (Lipinski definition) is 0. The lowest BCUT2D eigenvalue weighted by Gasteiger charge is -1.93. The van der Waals surface area contributed by atoms with E-state index in [0.29, 0.717) is 0 Å². The quantitative estimate of drug-likeness (QED) is 0.461. The van der Waals surface area contributed by atoms with Gasteiger partial charge in [-0.1, -0.05) is 6.07 Å². The Kier molecular flexibility index (Phi) is 2.99. The zero-order chi connectivity index (χ0) is 11.4. The molecule has 3 nitrogen and oxygen atoms in total. The van der Waals surface area contributed by atoms with Crippen molar-refractivity contribution in [3.05, 3.63) is 52.1 Å². The summed E-state index contributed by atoms with van der Waals surface area (Å²) < 4.78 is 4.96. The zero-order valence-corrected chi connectivity index (χ0v) is 9.03. The number of nitriles is 1. The van der Waals surface area contributed by atoms with Gasteiger partial charge in [0.2, 0.25) is 5.78 Å². The molecule has 0 radical (unpaired) electrons. The first kappa shape index (κ1) is 10.4. The average molecular weight is 229 g/mol. The van der Waals surface area contributed by atoms with Gasteiger partial charge >= 0.3 is 0 Å². The van der Waals surface area contributed by atoms with Crippen LogP contribution in [0.2, 0.25) is 0 Å². The molecule has 0 aliphatic carbocycles. The van der Waals surface area contributed by atoms with E-state index in [1.165, 1.54) is 17.6 Å². The smallest absolute Gasteiger partial charge is 0.238 e. The number of nitrogens with zero attached hydrogens (tertiary/aromatic N) is 1. The highest BCUT2D eigenvalue weighted by Crippen LogP contribution is 2.16. The first-order valence-corrected chi connectivity index (χ1v) is 5.43. The van der Waals surface area contributed by atoms with E-state index in [4.69, 9.17) is 9.68 Å². The van der Waals surface area contributed by atoms with Crippen LogP contribution >= 0.6 is 11.3 Å². The molecule has 2 rings (SSSR count). The van der Waals surface area contributed by atoms with Crippen molar-refractivity contribution < 1.29 is 9.21 Å². The first-order chi connectivity index (χ1) is 7.81. The van der Waals surface area contributed by atoms with E-state index in [-0.39, 0.29) is 17.1 Å². The average Bonchev–Trinajstić information content (AvgIpc) is 2.97. The lowest BCUT2D eigenvalue weighted by molar-refractivity contribution is 0.101. The molecule has 2 aromatic heterocycles. The van der Waals surface area contributed by atoms with E-state index in [9.17, 15) is 4.79 Å². The van der Waals surface area contributed by atoms with E-state index in [1.807, 2.05) is 23.6 Å². The van der Waals surface area contributed by atoms with Crippen LogP contribution in [0, 0.1) is 11.3 Å². The maximum atomic E-state index is 11.8. The van der Waals surface area contributed by atoms with E-state index in [1.54, 1.807) is 18.2 Å². The molecule has 2 aromatic rings. The van der Waals surface area contributed by atoms with Crippen LogP contribution in [0.1, 0.15) is 15.4 Å². The number of Topliss-reactive ketones (excluding diaryl/α,β-unsaturated/α-hetero) is 1. The molecule has 0 amide bonds. The molecular formula is C12H7NO2S. The Labute approximate surface area is 96.2 Å². The summed E-state index contributed by atoms with van der Waals surface area (Å²) in [5.74, 6) is -0.203. The van der Waals surface area contributed by atoms with Crippen molar-refractivity contribution in [3.8, 4) is 6.07 Å². The molecule has 0 unspecified atom stereocenters. The molecule has 0 saturated heterocycles. The lowest BCUT2D eigenvalue weighted by atomic mass is 10.1. The van der Waals surface area contributed by atoms with Gasteiger partial charge in [0.1, 0.15) is 11.6 Å². The molecular weight excluding hydrogens is 222 g/mol. The fourth-order valence-corrected chi connectivity index (χ4v) is 1.86. The predicted octanol–water partition coefficient (Wildman–Crippen LogP) is 3.13. The SMILES string of the molecule is N#C/C(=C/c1cccs1)C(=O)c1ccco1. The minimum atomic E-state index is -0.388. The van der Waals surface area contributed by atoms with Crippen molar-refractivity contribution in [2.45, 2.75) is 0 Å². The Balaban J connectivity index is 2.32. The first-order valence-electron chi connectivity index (χ1n) is 4.55. The highest BCUT2D eigenvalue weighted by Gasteiger charge is 2.14. The van der Waals surface area contributed by atoms with Gasteiger partial charge in [0.15, 0.2) is 5.76 Å². The topological polar surface area (TPSA) is 54.0 Å². The van der Waals surface area contributed by atoms with Crippen molar-refractivity contribution in [2.24, 2.45) is 0 Å². The second kappa shape index (κ2) is 4.60. The summed E-state index contributed by atoms with van der Waals surface area (Å²) in [6.45, 7) is 0. The van der Waals surface area contributed by atoms with E-state index in [0.717, 1.165) is 4.88 Å². The van der Waals surface area contributed by atoms with Crippen molar-refractivity contribution in [1.29, 1.82) is 5.26 Å². The summed E-state index contributed by atoms with van der Waals surface area (Å²) in [4.78, 5) is 12.7. The van der Waals surface area contributed by atoms with Gasteiger partial charge in [0.05, 0.1) is 6.26 Å². The number of carbonyl (C=O) groups is 1. The van der Waals surface area contributed by atoms with Crippen molar-refractivity contribution >= 4 is 23.2 Å². The van der Waals surface area contributed by atoms with Crippen LogP contribution in [0.3, 0.4) is 0 Å². The normalized spacial score (nSPS) is 11.1. The van der Waals surface area contributed by atoms with E-state index >= 15 is 0 Å². The van der Waals surface area contributed by atoms with Crippen molar-refractivity contribution in [3.63, 3.8) is 0 Å². The summed E-state index contributed by atoms with van der Waals surface area (Å²) in [7, 11) is 0. The number of furan rings is 1. The standard InChI is InChI=1S/C12H7NO2S/c13-8-9(7-10-3-2-6-16-10)12(14)11-4-1-5-15-11/h1-7H/b9-7-. The highest BCUT2D eigenvalue weighted by atomic mass is 32.1. The second-order valence-electron chi connectivity index (χ2n) is 2.99. The zero-order valence-electron chi connectivity index (χ0n) is 8.21. The molecule has 0 aliphatic heterocycles. The number of carbonyl (C=O) groups excluding carboxylic acids is 1. The molecule has 0 saturated carbocycles. The second-order valence-corrected chi connectivity index (χ2v) is 3.97. The van der Waals surface area contributed by atoms with Crippen LogP contribution in [0.15, 0.2) is 45.9 Å². The van der Waals surface area contributed by atoms with Crippen LogP contribution in [-0.2, 0) is 0 Å². The summed E-state index contributed by atoms with van der Waals surface area (Å²) in [6, 6.07) is 8.76. The van der Waals surface area contributed by atoms with Crippen LogP contribution in [0.5, 0.6) is 0 Å². The van der Waals surface area contributed by atoms with E-state index in [2.05, 4.69) is 0 Å². The van der Waals surface area contributed by atoms with Gasteiger partial charge in [-0.3, -0.25) is 4.79 Å². The summed E-state index contributed by atoms with van der Waals surface area (Å²) >= 11 is 1.47. The maximum Gasteiger partial charge on any atom is 0.238 e. The molecule has 0 bridgehead atoms. The van der Waals surface area contributed by atoms with Crippen molar-refractivity contribution in [2.75, 3.05) is 0 Å². The summed E-state index contributed by atoms with van der Waals surface area (Å²) in [5, 5.41) is 10.8. The summed E-state index contributed by atoms with van der Waals surface area (Å²) in [6.07, 6.45) is 2.98. The molecule has 4 heteroatoms. The van der Waals surface area contributed by atoms with Crippen LogP contribution in [-0.4, -0.2) is 5.78 Å². The molecule has 16 heavy (non-hydrogen) atoms. The summed E-state index contributed by atoms with van der Waals surface area (Å²) in [5.41, 5.74) is 0.0809. The van der Waals surface area contributed by atoms with Gasteiger partial charge in [0, 0.05) is 4.88 Å². The predicted molar refractivity (Wildman–Crippen MR) is 60.9 cm³/mol. The van der Waals surface area contributed by atoms with Gasteiger partial charge in [-0.05, 0) is 29.7 Å².